The second kappa shape index (κ2) is 7.54. The van der Waals surface area contributed by atoms with Gasteiger partial charge in [0, 0.05) is 23.7 Å². The molecule has 4 nitrogen and oxygen atoms in total. The van der Waals surface area contributed by atoms with Crippen LogP contribution < -0.4 is 10.1 Å². The van der Waals surface area contributed by atoms with Crippen molar-refractivity contribution >= 4 is 11.3 Å². The maximum absolute atomic E-state index is 9.98. The molecule has 0 aliphatic carbocycles. The lowest BCUT2D eigenvalue weighted by Gasteiger charge is -2.16. The summed E-state index contributed by atoms with van der Waals surface area (Å²) in [5, 5.41) is 14.3. The van der Waals surface area contributed by atoms with Crippen LogP contribution in [0.5, 0.6) is 5.75 Å². The Balaban J connectivity index is 1.73. The van der Waals surface area contributed by atoms with Gasteiger partial charge in [0.25, 0.3) is 0 Å². The number of nitrogens with zero attached hydrogens (tertiary/aromatic N) is 1. The summed E-state index contributed by atoms with van der Waals surface area (Å²) in [5.41, 5.74) is 1.15. The highest BCUT2D eigenvalue weighted by molar-refractivity contribution is 7.11. The molecule has 21 heavy (non-hydrogen) atoms. The average Bonchev–Trinajstić information content (AvgIpc) is 2.89. The van der Waals surface area contributed by atoms with E-state index in [0.29, 0.717) is 6.54 Å². The summed E-state index contributed by atoms with van der Waals surface area (Å²) in [6.07, 6.45) is 1.34. The van der Waals surface area contributed by atoms with E-state index in [1.165, 1.54) is 4.88 Å². The molecule has 0 amide bonds. The van der Waals surface area contributed by atoms with Gasteiger partial charge in [0.15, 0.2) is 0 Å². The molecule has 2 N–H and O–H groups in total. The minimum atomic E-state index is -0.540. The molecule has 114 valence electrons. The van der Waals surface area contributed by atoms with Gasteiger partial charge < -0.3 is 15.2 Å². The van der Waals surface area contributed by atoms with Crippen molar-refractivity contribution in [1.82, 2.24) is 10.3 Å². The predicted molar refractivity (Wildman–Crippen MR) is 85.9 cm³/mol. The third-order valence-corrected chi connectivity index (χ3v) is 4.25. The fraction of sp³-hybridized carbons (Fsp3) is 0.438. The fourth-order valence-corrected chi connectivity index (χ4v) is 2.76. The zero-order chi connectivity index (χ0) is 15.2. The van der Waals surface area contributed by atoms with Gasteiger partial charge >= 0.3 is 0 Å². The molecule has 0 aliphatic heterocycles. The summed E-state index contributed by atoms with van der Waals surface area (Å²) in [7, 11) is 0. The van der Waals surface area contributed by atoms with Gasteiger partial charge in [-0.3, -0.25) is 0 Å². The highest BCUT2D eigenvalue weighted by Crippen LogP contribution is 2.19. The molecule has 0 fully saturated rings. The van der Waals surface area contributed by atoms with Crippen LogP contribution in [0.25, 0.3) is 0 Å². The summed E-state index contributed by atoms with van der Waals surface area (Å²) < 4.78 is 5.59. The number of thiazole rings is 1. The van der Waals surface area contributed by atoms with E-state index in [9.17, 15) is 5.11 Å². The molecule has 0 saturated heterocycles. The molecule has 2 unspecified atom stereocenters. The van der Waals surface area contributed by atoms with Crippen molar-refractivity contribution in [3.63, 3.8) is 0 Å². The lowest BCUT2D eigenvalue weighted by molar-refractivity contribution is 0.104. The Morgan fingerprint density at radius 2 is 2.19 bits per heavy atom. The number of aryl methyl sites for hydroxylation is 2. The van der Waals surface area contributed by atoms with Crippen LogP contribution in [0.3, 0.4) is 0 Å². The highest BCUT2D eigenvalue weighted by atomic mass is 32.1. The summed E-state index contributed by atoms with van der Waals surface area (Å²) in [6, 6.07) is 8.01. The Morgan fingerprint density at radius 1 is 1.38 bits per heavy atom. The van der Waals surface area contributed by atoms with Gasteiger partial charge in [-0.05, 0) is 38.5 Å². The second-order valence-corrected chi connectivity index (χ2v) is 6.46. The number of rotatable bonds is 7. The first-order valence-electron chi connectivity index (χ1n) is 7.08. The fourth-order valence-electron chi connectivity index (χ4n) is 1.95. The summed E-state index contributed by atoms with van der Waals surface area (Å²) >= 11 is 1.67. The van der Waals surface area contributed by atoms with Crippen molar-refractivity contribution < 1.29 is 9.84 Å². The second-order valence-electron chi connectivity index (χ2n) is 5.19. The van der Waals surface area contributed by atoms with Crippen LogP contribution in [-0.2, 0) is 0 Å². The van der Waals surface area contributed by atoms with Crippen molar-refractivity contribution in [3.05, 3.63) is 45.9 Å². The molecule has 2 atom stereocenters. The van der Waals surface area contributed by atoms with Crippen molar-refractivity contribution in [2.75, 3.05) is 13.2 Å². The lowest BCUT2D eigenvalue weighted by Crippen LogP contribution is -2.32. The van der Waals surface area contributed by atoms with Crippen LogP contribution in [0, 0.1) is 13.8 Å². The highest BCUT2D eigenvalue weighted by Gasteiger charge is 2.11. The number of hydrogen-bond acceptors (Lipinski definition) is 5. The molecule has 1 aromatic heterocycles. The number of benzene rings is 1. The number of nitrogens with one attached hydrogen (secondary N) is 1. The SMILES string of the molecule is Cc1cccc(OCC(O)CNC(C)c2cnc(C)s2)c1. The largest absolute Gasteiger partial charge is 0.491 e. The minimum Gasteiger partial charge on any atom is -0.491 e. The summed E-state index contributed by atoms with van der Waals surface area (Å²) in [6.45, 7) is 6.85. The molecular formula is C16H22N2O2S. The number of hydrogen-bond donors (Lipinski definition) is 2. The van der Waals surface area contributed by atoms with Gasteiger partial charge in [-0.25, -0.2) is 4.98 Å². The Hall–Kier alpha value is -1.43. The van der Waals surface area contributed by atoms with Gasteiger partial charge in [0.05, 0.1) is 5.01 Å². The molecule has 0 radical (unpaired) electrons. The number of aliphatic hydroxyl groups is 1. The monoisotopic (exact) mass is 306 g/mol. The van der Waals surface area contributed by atoms with E-state index >= 15 is 0 Å². The van der Waals surface area contributed by atoms with Crippen molar-refractivity contribution in [3.8, 4) is 5.75 Å². The molecule has 0 spiro atoms. The first-order valence-corrected chi connectivity index (χ1v) is 7.89. The topological polar surface area (TPSA) is 54.4 Å². The average molecular weight is 306 g/mol. The molecule has 1 aromatic carbocycles. The van der Waals surface area contributed by atoms with Crippen molar-refractivity contribution in [2.45, 2.75) is 32.9 Å². The molecule has 0 bridgehead atoms. The number of aliphatic hydroxyl groups excluding tert-OH is 1. The maximum Gasteiger partial charge on any atom is 0.119 e. The van der Waals surface area contributed by atoms with Gasteiger partial charge in [0.1, 0.15) is 18.5 Å². The van der Waals surface area contributed by atoms with E-state index in [2.05, 4.69) is 17.2 Å². The molecular weight excluding hydrogens is 284 g/mol. The van der Waals surface area contributed by atoms with Crippen LogP contribution in [-0.4, -0.2) is 29.3 Å². The maximum atomic E-state index is 9.98. The lowest BCUT2D eigenvalue weighted by atomic mass is 10.2. The van der Waals surface area contributed by atoms with E-state index in [1.807, 2.05) is 44.3 Å². The standard InChI is InChI=1S/C16H22N2O2S/c1-11-5-4-6-15(7-11)20-10-14(19)8-17-12(2)16-9-18-13(3)21-16/h4-7,9,12,14,17,19H,8,10H2,1-3H3. The molecule has 2 rings (SSSR count). The summed E-state index contributed by atoms with van der Waals surface area (Å²) in [4.78, 5) is 5.42. The predicted octanol–water partition coefficient (Wildman–Crippen LogP) is 2.85. The van der Waals surface area contributed by atoms with E-state index in [4.69, 9.17) is 4.74 Å². The van der Waals surface area contributed by atoms with Crippen LogP contribution in [0.2, 0.25) is 0 Å². The van der Waals surface area contributed by atoms with Crippen LogP contribution in [0.1, 0.15) is 28.4 Å². The Labute approximate surface area is 129 Å². The minimum absolute atomic E-state index is 0.185. The van der Waals surface area contributed by atoms with E-state index in [-0.39, 0.29) is 12.6 Å². The quantitative estimate of drug-likeness (QED) is 0.826. The van der Waals surface area contributed by atoms with Gasteiger partial charge in [-0.15, -0.1) is 11.3 Å². The molecule has 0 saturated carbocycles. The van der Waals surface area contributed by atoms with Gasteiger partial charge in [0.2, 0.25) is 0 Å². The molecule has 1 heterocycles. The Bertz CT molecular complexity index is 571. The van der Waals surface area contributed by atoms with Crippen LogP contribution >= 0.6 is 11.3 Å². The first-order chi connectivity index (χ1) is 10.0. The third-order valence-electron chi connectivity index (χ3n) is 3.16. The van der Waals surface area contributed by atoms with E-state index in [0.717, 1.165) is 16.3 Å². The van der Waals surface area contributed by atoms with Crippen molar-refractivity contribution in [2.24, 2.45) is 0 Å². The third kappa shape index (κ3) is 5.12. The first kappa shape index (κ1) is 15.9. The number of ether oxygens (including phenoxy) is 1. The van der Waals surface area contributed by atoms with E-state index < -0.39 is 6.10 Å². The Kier molecular flexibility index (Phi) is 5.73. The van der Waals surface area contributed by atoms with Crippen LogP contribution in [0.4, 0.5) is 0 Å². The molecule has 0 aliphatic rings. The smallest absolute Gasteiger partial charge is 0.119 e. The van der Waals surface area contributed by atoms with Crippen LogP contribution in [0.15, 0.2) is 30.5 Å². The Morgan fingerprint density at radius 3 is 2.86 bits per heavy atom. The molecule has 2 aromatic rings. The zero-order valence-corrected chi connectivity index (χ0v) is 13.5. The van der Waals surface area contributed by atoms with Gasteiger partial charge in [-0.2, -0.15) is 0 Å². The number of aromatic nitrogens is 1. The zero-order valence-electron chi connectivity index (χ0n) is 12.7. The van der Waals surface area contributed by atoms with Gasteiger partial charge in [-0.1, -0.05) is 12.1 Å². The van der Waals surface area contributed by atoms with E-state index in [1.54, 1.807) is 11.3 Å². The normalized spacial score (nSPS) is 13.9. The summed E-state index contributed by atoms with van der Waals surface area (Å²) in [5.74, 6) is 0.792. The molecule has 5 heteroatoms. The van der Waals surface area contributed by atoms with Crippen molar-refractivity contribution in [1.29, 1.82) is 0 Å².